The summed E-state index contributed by atoms with van der Waals surface area (Å²) < 4.78 is 29.5. The number of nitrogens with one attached hydrogen (secondary N) is 1. The van der Waals surface area contributed by atoms with Gasteiger partial charge in [-0.2, -0.15) is 8.42 Å². The Hall–Kier alpha value is -1.60. The molecule has 2 heterocycles. The Kier molecular flexibility index (Phi) is 6.34. The van der Waals surface area contributed by atoms with Crippen molar-refractivity contribution in [2.24, 2.45) is 10.3 Å². The van der Waals surface area contributed by atoms with Gasteiger partial charge in [-0.15, -0.1) is 4.40 Å². The third-order valence-electron chi connectivity index (χ3n) is 5.24. The number of rotatable bonds is 5. The average Bonchev–Trinajstić information content (AvgIpc) is 2.84. The van der Waals surface area contributed by atoms with Crippen molar-refractivity contribution in [2.75, 3.05) is 11.4 Å². The van der Waals surface area contributed by atoms with Crippen LogP contribution in [0.4, 0.5) is 5.69 Å². The van der Waals surface area contributed by atoms with Crippen LogP contribution in [0.3, 0.4) is 0 Å². The molecule has 0 bridgehead atoms. The monoisotopic (exact) mass is 425 g/mol. The number of benzene rings is 1. The standard InChI is InChI=1S/C20H28ClN3O3S/c1-13(2)8-9-14(3)22-20(25)15-11-18-17(12-16(15)21)24-10-6-4-5-7-19(24)23-28(18,26)27/h11-14H,4-10H2,1-3H3,(H,22,25). The fraction of sp³-hybridized carbons (Fsp3) is 0.600. The summed E-state index contributed by atoms with van der Waals surface area (Å²) >= 11 is 6.41. The van der Waals surface area contributed by atoms with Crippen LogP contribution in [0.5, 0.6) is 0 Å². The first-order valence-electron chi connectivity index (χ1n) is 9.95. The highest BCUT2D eigenvalue weighted by Gasteiger charge is 2.33. The summed E-state index contributed by atoms with van der Waals surface area (Å²) in [6.07, 6.45) is 5.40. The van der Waals surface area contributed by atoms with Gasteiger partial charge in [-0.05, 0) is 50.7 Å². The lowest BCUT2D eigenvalue weighted by molar-refractivity contribution is 0.0937. The number of amides is 1. The number of carbonyl (C=O) groups is 1. The zero-order valence-electron chi connectivity index (χ0n) is 16.7. The largest absolute Gasteiger partial charge is 0.350 e. The second-order valence-corrected chi connectivity index (χ2v) is 10.1. The Morgan fingerprint density at radius 2 is 1.96 bits per heavy atom. The first-order valence-corrected chi connectivity index (χ1v) is 11.8. The van der Waals surface area contributed by atoms with E-state index in [9.17, 15) is 13.2 Å². The maximum Gasteiger partial charge on any atom is 0.286 e. The minimum Gasteiger partial charge on any atom is -0.350 e. The molecule has 2 aliphatic rings. The van der Waals surface area contributed by atoms with Gasteiger partial charge in [0.15, 0.2) is 0 Å². The number of carbonyl (C=O) groups excluding carboxylic acids is 1. The van der Waals surface area contributed by atoms with E-state index in [1.54, 1.807) is 6.07 Å². The van der Waals surface area contributed by atoms with E-state index < -0.39 is 10.0 Å². The van der Waals surface area contributed by atoms with Gasteiger partial charge in [0.2, 0.25) is 0 Å². The molecule has 1 N–H and O–H groups in total. The van der Waals surface area contributed by atoms with Crippen LogP contribution in [0.1, 0.15) is 69.7 Å². The van der Waals surface area contributed by atoms with E-state index in [0.29, 0.717) is 30.4 Å². The Balaban J connectivity index is 1.91. The zero-order chi connectivity index (χ0) is 20.5. The van der Waals surface area contributed by atoms with Gasteiger partial charge in [-0.3, -0.25) is 4.79 Å². The van der Waals surface area contributed by atoms with Crippen molar-refractivity contribution in [3.8, 4) is 0 Å². The van der Waals surface area contributed by atoms with Gasteiger partial charge >= 0.3 is 0 Å². The third kappa shape index (κ3) is 4.51. The van der Waals surface area contributed by atoms with Crippen molar-refractivity contribution in [1.29, 1.82) is 0 Å². The normalized spacial score (nSPS) is 19.3. The molecule has 28 heavy (non-hydrogen) atoms. The van der Waals surface area contributed by atoms with Crippen LogP contribution in [0.15, 0.2) is 21.4 Å². The van der Waals surface area contributed by atoms with E-state index in [2.05, 4.69) is 23.6 Å². The topological polar surface area (TPSA) is 78.8 Å². The van der Waals surface area contributed by atoms with Gasteiger partial charge in [-0.25, -0.2) is 0 Å². The molecule has 1 aromatic carbocycles. The fourth-order valence-corrected chi connectivity index (χ4v) is 5.14. The van der Waals surface area contributed by atoms with Crippen LogP contribution in [0.2, 0.25) is 5.02 Å². The number of fused-ring (bicyclic) bond motifs is 3. The molecule has 2 aliphatic heterocycles. The summed E-state index contributed by atoms with van der Waals surface area (Å²) in [7, 11) is -3.84. The summed E-state index contributed by atoms with van der Waals surface area (Å²) in [6, 6.07) is 2.96. The van der Waals surface area contributed by atoms with Crippen LogP contribution in [-0.2, 0) is 10.0 Å². The molecule has 1 unspecified atom stereocenters. The average molecular weight is 426 g/mol. The molecule has 1 fully saturated rings. The van der Waals surface area contributed by atoms with Gasteiger partial charge in [-0.1, -0.05) is 31.9 Å². The summed E-state index contributed by atoms with van der Waals surface area (Å²) in [5, 5.41) is 3.18. The van der Waals surface area contributed by atoms with E-state index in [-0.39, 0.29) is 27.4 Å². The number of hydrogen-bond donors (Lipinski definition) is 1. The predicted molar refractivity (Wildman–Crippen MR) is 113 cm³/mol. The molecule has 6 nitrogen and oxygen atoms in total. The first kappa shape index (κ1) is 21.1. The van der Waals surface area contributed by atoms with Crippen molar-refractivity contribution in [2.45, 2.75) is 70.2 Å². The SMILES string of the molecule is CC(C)CCC(C)NC(=O)c1cc2c(cc1Cl)N1CCCCCC1=NS2(=O)=O. The lowest BCUT2D eigenvalue weighted by atomic mass is 10.0. The van der Waals surface area contributed by atoms with E-state index >= 15 is 0 Å². The molecule has 1 aromatic rings. The number of amidine groups is 1. The molecule has 1 saturated heterocycles. The Morgan fingerprint density at radius 1 is 1.21 bits per heavy atom. The minimum absolute atomic E-state index is 0.0196. The second-order valence-electron chi connectivity index (χ2n) is 8.09. The van der Waals surface area contributed by atoms with Crippen molar-refractivity contribution in [3.05, 3.63) is 22.7 Å². The minimum atomic E-state index is -3.84. The highest BCUT2D eigenvalue weighted by atomic mass is 35.5. The quantitative estimate of drug-likeness (QED) is 0.759. The summed E-state index contributed by atoms with van der Waals surface area (Å²) in [5.74, 6) is 0.767. The molecule has 1 atom stereocenters. The summed E-state index contributed by atoms with van der Waals surface area (Å²) in [4.78, 5) is 14.7. The molecular formula is C20H28ClN3O3S. The number of nitrogens with zero attached hydrogens (tertiary/aromatic N) is 2. The zero-order valence-corrected chi connectivity index (χ0v) is 18.2. The Labute approximate surface area is 172 Å². The van der Waals surface area contributed by atoms with Crippen molar-refractivity contribution in [1.82, 2.24) is 5.32 Å². The van der Waals surface area contributed by atoms with Crippen LogP contribution in [-0.4, -0.2) is 32.7 Å². The van der Waals surface area contributed by atoms with Gasteiger partial charge in [0.1, 0.15) is 10.7 Å². The highest BCUT2D eigenvalue weighted by molar-refractivity contribution is 7.90. The summed E-state index contributed by atoms with van der Waals surface area (Å²) in [6.45, 7) is 6.92. The highest BCUT2D eigenvalue weighted by Crippen LogP contribution is 2.37. The fourth-order valence-electron chi connectivity index (χ4n) is 3.63. The van der Waals surface area contributed by atoms with Crippen LogP contribution < -0.4 is 10.2 Å². The van der Waals surface area contributed by atoms with E-state index in [0.717, 1.165) is 32.1 Å². The Bertz CT molecular complexity index is 896. The number of sulfonamides is 1. The smallest absolute Gasteiger partial charge is 0.286 e. The van der Waals surface area contributed by atoms with Crippen molar-refractivity contribution in [3.63, 3.8) is 0 Å². The molecule has 1 amide bonds. The van der Waals surface area contributed by atoms with Gasteiger partial charge in [0.05, 0.1) is 16.3 Å². The second kappa shape index (κ2) is 8.41. The lowest BCUT2D eigenvalue weighted by Crippen LogP contribution is -2.36. The van der Waals surface area contributed by atoms with Gasteiger partial charge < -0.3 is 10.2 Å². The molecule has 0 spiro atoms. The lowest BCUT2D eigenvalue weighted by Gasteiger charge is -2.30. The number of hydrogen-bond acceptors (Lipinski definition) is 4. The van der Waals surface area contributed by atoms with Gasteiger partial charge in [0.25, 0.3) is 15.9 Å². The molecular weight excluding hydrogens is 398 g/mol. The van der Waals surface area contributed by atoms with E-state index in [1.807, 2.05) is 11.8 Å². The molecule has 0 saturated carbocycles. The molecule has 0 aromatic heterocycles. The molecule has 154 valence electrons. The van der Waals surface area contributed by atoms with Gasteiger partial charge in [0, 0.05) is 19.0 Å². The van der Waals surface area contributed by atoms with Crippen LogP contribution in [0.25, 0.3) is 0 Å². The molecule has 3 rings (SSSR count). The van der Waals surface area contributed by atoms with Crippen LogP contribution in [0, 0.1) is 5.92 Å². The van der Waals surface area contributed by atoms with Crippen molar-refractivity contribution < 1.29 is 13.2 Å². The number of anilines is 1. The van der Waals surface area contributed by atoms with Crippen molar-refractivity contribution >= 4 is 39.1 Å². The number of halogens is 1. The molecule has 0 radical (unpaired) electrons. The van der Waals surface area contributed by atoms with E-state index in [1.165, 1.54) is 6.07 Å². The molecule has 0 aliphatic carbocycles. The molecule has 8 heteroatoms. The van der Waals surface area contributed by atoms with E-state index in [4.69, 9.17) is 11.6 Å². The summed E-state index contributed by atoms with van der Waals surface area (Å²) in [5.41, 5.74) is 0.704. The maximum absolute atomic E-state index is 12.7. The first-order chi connectivity index (χ1) is 13.2. The third-order valence-corrected chi connectivity index (χ3v) is 6.88. The predicted octanol–water partition coefficient (Wildman–Crippen LogP) is 4.38. The maximum atomic E-state index is 12.7. The van der Waals surface area contributed by atoms with Crippen LogP contribution >= 0.6 is 11.6 Å². The Morgan fingerprint density at radius 3 is 2.68 bits per heavy atom.